The molecule has 4 N–H and O–H groups in total. The first-order valence-electron chi connectivity index (χ1n) is 8.97. The lowest BCUT2D eigenvalue weighted by Crippen LogP contribution is -2.27. The van der Waals surface area contributed by atoms with E-state index in [-0.39, 0.29) is 11.4 Å². The fraction of sp³-hybridized carbons (Fsp3) is 0.300. The lowest BCUT2D eigenvalue weighted by Gasteiger charge is -2.20. The van der Waals surface area contributed by atoms with Crippen molar-refractivity contribution in [3.8, 4) is 0 Å². The van der Waals surface area contributed by atoms with Gasteiger partial charge in [0, 0.05) is 11.4 Å². The Bertz CT molecular complexity index is 1030. The number of carbonyl (C=O) groups excluding carboxylic acids is 2. The van der Waals surface area contributed by atoms with Gasteiger partial charge in [-0.25, -0.2) is 4.79 Å². The van der Waals surface area contributed by atoms with Crippen LogP contribution in [0.5, 0.6) is 0 Å². The van der Waals surface area contributed by atoms with Gasteiger partial charge in [0.1, 0.15) is 5.60 Å². The number of rotatable bonds is 3. The minimum atomic E-state index is -5.05. The van der Waals surface area contributed by atoms with Gasteiger partial charge in [-0.2, -0.15) is 26.3 Å². The third kappa shape index (κ3) is 6.53. The molecule has 0 aromatic heterocycles. The molecule has 0 spiro atoms. The first-order valence-corrected chi connectivity index (χ1v) is 8.97. The van der Waals surface area contributed by atoms with Crippen molar-refractivity contribution in [2.75, 3.05) is 16.4 Å². The van der Waals surface area contributed by atoms with Crippen LogP contribution in [0.3, 0.4) is 0 Å². The van der Waals surface area contributed by atoms with Crippen LogP contribution in [0.2, 0.25) is 0 Å². The van der Waals surface area contributed by atoms with E-state index in [0.29, 0.717) is 12.1 Å². The maximum atomic E-state index is 13.5. The zero-order valence-electron chi connectivity index (χ0n) is 17.0. The average Bonchev–Trinajstić information content (AvgIpc) is 2.59. The van der Waals surface area contributed by atoms with Crippen LogP contribution in [-0.4, -0.2) is 17.6 Å². The van der Waals surface area contributed by atoms with Gasteiger partial charge < -0.3 is 15.8 Å². The third-order valence-electron chi connectivity index (χ3n) is 3.81. The highest BCUT2D eigenvalue weighted by atomic mass is 19.4. The van der Waals surface area contributed by atoms with Crippen LogP contribution in [0.1, 0.15) is 42.3 Å². The normalized spacial score (nSPS) is 12.3. The minimum absolute atomic E-state index is 0.246. The molecule has 2 amide bonds. The number of nitrogens with one attached hydrogen (secondary N) is 2. The summed E-state index contributed by atoms with van der Waals surface area (Å²) < 4.78 is 85.2. The van der Waals surface area contributed by atoms with Crippen LogP contribution in [0.15, 0.2) is 36.4 Å². The molecule has 2 aromatic carbocycles. The first kappa shape index (κ1) is 24.8. The summed E-state index contributed by atoms with van der Waals surface area (Å²) in [5.41, 5.74) is -0.641. The predicted molar refractivity (Wildman–Crippen MR) is 105 cm³/mol. The number of benzene rings is 2. The van der Waals surface area contributed by atoms with E-state index in [2.05, 4.69) is 5.32 Å². The summed E-state index contributed by atoms with van der Waals surface area (Å²) in [6.45, 7) is 4.65. The molecule has 0 bridgehead atoms. The van der Waals surface area contributed by atoms with Crippen molar-refractivity contribution in [1.82, 2.24) is 0 Å². The van der Waals surface area contributed by atoms with Crippen LogP contribution in [0, 0.1) is 0 Å². The molecule has 0 saturated carbocycles. The van der Waals surface area contributed by atoms with E-state index in [4.69, 9.17) is 10.5 Å². The van der Waals surface area contributed by atoms with Gasteiger partial charge in [-0.05, 0) is 57.2 Å². The number of carbonyl (C=O) groups is 2. The number of halogens is 6. The van der Waals surface area contributed by atoms with Crippen molar-refractivity contribution in [3.63, 3.8) is 0 Å². The molecular formula is C20H19F6N3O3. The lowest BCUT2D eigenvalue weighted by molar-refractivity contribution is -0.138. The fourth-order valence-electron chi connectivity index (χ4n) is 2.57. The van der Waals surface area contributed by atoms with Crippen molar-refractivity contribution < 1.29 is 40.7 Å². The molecule has 2 aromatic rings. The largest absolute Gasteiger partial charge is 0.444 e. The second kappa shape index (κ2) is 8.60. The summed E-state index contributed by atoms with van der Waals surface area (Å²) in [6, 6.07) is 4.64. The fourth-order valence-corrected chi connectivity index (χ4v) is 2.57. The Morgan fingerprint density at radius 1 is 0.844 bits per heavy atom. The number of hydrogen-bond donors (Lipinski definition) is 3. The van der Waals surface area contributed by atoms with E-state index in [1.54, 1.807) is 20.8 Å². The third-order valence-corrected chi connectivity index (χ3v) is 3.81. The second-order valence-corrected chi connectivity index (χ2v) is 7.64. The molecule has 2 rings (SSSR count). The first-order chi connectivity index (χ1) is 14.5. The van der Waals surface area contributed by atoms with Crippen LogP contribution < -0.4 is 16.4 Å². The minimum Gasteiger partial charge on any atom is -0.444 e. The Hall–Kier alpha value is -3.44. The van der Waals surface area contributed by atoms with E-state index >= 15 is 0 Å². The molecule has 174 valence electrons. The van der Waals surface area contributed by atoms with Gasteiger partial charge in [0.15, 0.2) is 0 Å². The van der Waals surface area contributed by atoms with E-state index in [0.717, 1.165) is 24.3 Å². The number of hydrogen-bond acceptors (Lipinski definition) is 4. The number of nitrogen functional groups attached to an aromatic ring is 1. The van der Waals surface area contributed by atoms with Crippen molar-refractivity contribution in [2.45, 2.75) is 38.7 Å². The van der Waals surface area contributed by atoms with Gasteiger partial charge in [-0.3, -0.25) is 10.1 Å². The molecule has 0 radical (unpaired) electrons. The van der Waals surface area contributed by atoms with Gasteiger partial charge in [0.25, 0.3) is 5.91 Å². The highest BCUT2D eigenvalue weighted by Gasteiger charge is 2.37. The smallest absolute Gasteiger partial charge is 0.418 e. The van der Waals surface area contributed by atoms with Crippen molar-refractivity contribution in [1.29, 1.82) is 0 Å². The molecule has 0 aliphatic heterocycles. The summed E-state index contributed by atoms with van der Waals surface area (Å²) in [7, 11) is 0. The number of amides is 2. The van der Waals surface area contributed by atoms with E-state index in [9.17, 15) is 35.9 Å². The Kier molecular flexibility index (Phi) is 6.67. The molecular weight excluding hydrogens is 444 g/mol. The molecule has 0 atom stereocenters. The quantitative estimate of drug-likeness (QED) is 0.390. The average molecular weight is 463 g/mol. The number of nitrogens with two attached hydrogens (primary N) is 1. The standard InChI is InChI=1S/C20H19F6N3O3/c1-18(2,3)32-17(31)28-11-5-6-12(13(9-11)19(21,22)23)16(30)29-15-7-4-10(27)8-14(15)20(24,25)26/h4-9H,27H2,1-3H3,(H,28,31)(H,29,30). The van der Waals surface area contributed by atoms with E-state index in [1.165, 1.54) is 0 Å². The van der Waals surface area contributed by atoms with E-state index in [1.807, 2.05) is 5.32 Å². The molecule has 0 saturated heterocycles. The summed E-state index contributed by atoms with van der Waals surface area (Å²) in [5, 5.41) is 3.94. The van der Waals surface area contributed by atoms with Gasteiger partial charge in [-0.1, -0.05) is 0 Å². The van der Waals surface area contributed by atoms with Gasteiger partial charge in [-0.15, -0.1) is 0 Å². The van der Waals surface area contributed by atoms with Crippen molar-refractivity contribution in [3.05, 3.63) is 53.1 Å². The topological polar surface area (TPSA) is 93.4 Å². The Morgan fingerprint density at radius 3 is 1.97 bits per heavy atom. The Balaban J connectivity index is 2.39. The van der Waals surface area contributed by atoms with Gasteiger partial charge in [0.2, 0.25) is 0 Å². The maximum Gasteiger partial charge on any atom is 0.418 e. The zero-order valence-corrected chi connectivity index (χ0v) is 17.0. The van der Waals surface area contributed by atoms with Crippen LogP contribution >= 0.6 is 0 Å². The monoisotopic (exact) mass is 463 g/mol. The maximum absolute atomic E-state index is 13.5. The molecule has 32 heavy (non-hydrogen) atoms. The van der Waals surface area contributed by atoms with Gasteiger partial charge >= 0.3 is 18.4 Å². The predicted octanol–water partition coefficient (Wildman–Crippen LogP) is 5.91. The van der Waals surface area contributed by atoms with Crippen LogP contribution in [0.4, 0.5) is 48.2 Å². The highest BCUT2D eigenvalue weighted by Crippen LogP contribution is 2.38. The second-order valence-electron chi connectivity index (χ2n) is 7.64. The van der Waals surface area contributed by atoms with Crippen LogP contribution in [-0.2, 0) is 17.1 Å². The molecule has 0 fully saturated rings. The summed E-state index contributed by atoms with van der Waals surface area (Å²) >= 11 is 0. The number of alkyl halides is 6. The molecule has 0 aliphatic carbocycles. The van der Waals surface area contributed by atoms with E-state index < -0.39 is 52.3 Å². The SMILES string of the molecule is CC(C)(C)OC(=O)Nc1ccc(C(=O)Nc2ccc(N)cc2C(F)(F)F)c(C(F)(F)F)c1. The zero-order chi connectivity index (χ0) is 24.5. The molecule has 0 heterocycles. The van der Waals surface area contributed by atoms with Crippen molar-refractivity contribution in [2.24, 2.45) is 0 Å². The summed E-state index contributed by atoms with van der Waals surface area (Å²) in [5.74, 6) is -1.43. The Morgan fingerprint density at radius 2 is 1.44 bits per heavy atom. The van der Waals surface area contributed by atoms with Crippen molar-refractivity contribution >= 4 is 29.1 Å². The molecule has 12 heteroatoms. The Labute approximate surface area is 178 Å². The highest BCUT2D eigenvalue weighted by molar-refractivity contribution is 6.06. The lowest BCUT2D eigenvalue weighted by atomic mass is 10.0. The van der Waals surface area contributed by atoms with Crippen LogP contribution in [0.25, 0.3) is 0 Å². The number of ether oxygens (including phenoxy) is 1. The van der Waals surface area contributed by atoms with Gasteiger partial charge in [0.05, 0.1) is 22.4 Å². The summed E-state index contributed by atoms with van der Waals surface area (Å²) in [6.07, 6.45) is -11.0. The molecule has 6 nitrogen and oxygen atoms in total. The number of anilines is 3. The molecule has 0 unspecified atom stereocenters. The molecule has 0 aliphatic rings. The summed E-state index contributed by atoms with van der Waals surface area (Å²) in [4.78, 5) is 24.2.